The number of benzene rings is 1. The van der Waals surface area contributed by atoms with Gasteiger partial charge in [-0.15, -0.1) is 0 Å². The summed E-state index contributed by atoms with van der Waals surface area (Å²) in [6.45, 7) is 2.18. The van der Waals surface area contributed by atoms with Crippen LogP contribution in [0.3, 0.4) is 0 Å². The summed E-state index contributed by atoms with van der Waals surface area (Å²) in [4.78, 5) is 4.52. The van der Waals surface area contributed by atoms with Crippen LogP contribution in [0.1, 0.15) is 5.82 Å². The van der Waals surface area contributed by atoms with Crippen molar-refractivity contribution in [2.45, 2.75) is 6.42 Å². The zero-order chi connectivity index (χ0) is 11.7. The quantitative estimate of drug-likeness (QED) is 0.910. The van der Waals surface area contributed by atoms with Gasteiger partial charge in [0.2, 0.25) is 0 Å². The third kappa shape index (κ3) is 2.40. The molecule has 1 saturated heterocycles. The van der Waals surface area contributed by atoms with Crippen LogP contribution >= 0.6 is 15.9 Å². The Morgan fingerprint density at radius 3 is 2.65 bits per heavy atom. The maximum absolute atomic E-state index is 4.52. The molecule has 1 aromatic carbocycles. The highest BCUT2D eigenvalue weighted by Crippen LogP contribution is 2.19. The molecule has 3 rings (SSSR count). The molecule has 0 aliphatic carbocycles. The van der Waals surface area contributed by atoms with Crippen LogP contribution in [0.25, 0.3) is 11.4 Å². The molecular weight excluding hydrogens is 280 g/mol. The van der Waals surface area contributed by atoms with E-state index in [1.54, 1.807) is 0 Å². The number of nitrogens with zero attached hydrogens (tertiary/aromatic N) is 2. The standard InChI is InChI=1S/C12H13BrN4/c13-10-3-1-9(2-4-10)12-15-11(16-17-12)5-8-6-14-7-8/h1-4,8,14H,5-7H2,(H,15,16,17). The fraction of sp³-hybridized carbons (Fsp3) is 0.333. The molecule has 0 spiro atoms. The fourth-order valence-electron chi connectivity index (χ4n) is 1.88. The van der Waals surface area contributed by atoms with Crippen molar-refractivity contribution in [1.82, 2.24) is 20.5 Å². The van der Waals surface area contributed by atoms with Crippen molar-refractivity contribution in [3.05, 3.63) is 34.6 Å². The minimum atomic E-state index is 0.709. The minimum absolute atomic E-state index is 0.709. The molecule has 0 radical (unpaired) electrons. The number of rotatable bonds is 3. The molecule has 5 heteroatoms. The number of aromatic amines is 1. The predicted octanol–water partition coefficient (Wildman–Crippen LogP) is 2.00. The zero-order valence-corrected chi connectivity index (χ0v) is 10.9. The molecule has 0 bridgehead atoms. The maximum Gasteiger partial charge on any atom is 0.181 e. The lowest BCUT2D eigenvalue weighted by molar-refractivity contribution is 0.341. The van der Waals surface area contributed by atoms with Gasteiger partial charge in [0.15, 0.2) is 5.82 Å². The van der Waals surface area contributed by atoms with Gasteiger partial charge >= 0.3 is 0 Å². The van der Waals surface area contributed by atoms with Gasteiger partial charge in [0.25, 0.3) is 0 Å². The van der Waals surface area contributed by atoms with Crippen molar-refractivity contribution < 1.29 is 0 Å². The first-order chi connectivity index (χ1) is 8.31. The molecule has 4 nitrogen and oxygen atoms in total. The number of halogens is 1. The fourth-order valence-corrected chi connectivity index (χ4v) is 2.15. The van der Waals surface area contributed by atoms with Crippen molar-refractivity contribution in [3.63, 3.8) is 0 Å². The Labute approximate surface area is 108 Å². The Balaban J connectivity index is 1.76. The zero-order valence-electron chi connectivity index (χ0n) is 9.28. The first-order valence-corrected chi connectivity index (χ1v) is 6.48. The van der Waals surface area contributed by atoms with Crippen LogP contribution in [0.2, 0.25) is 0 Å². The van der Waals surface area contributed by atoms with Crippen LogP contribution < -0.4 is 5.32 Å². The maximum atomic E-state index is 4.52. The van der Waals surface area contributed by atoms with Gasteiger partial charge in [-0.05, 0) is 31.1 Å². The lowest BCUT2D eigenvalue weighted by atomic mass is 9.99. The summed E-state index contributed by atoms with van der Waals surface area (Å²) in [6, 6.07) is 8.03. The summed E-state index contributed by atoms with van der Waals surface area (Å²) in [7, 11) is 0. The number of hydrogen-bond acceptors (Lipinski definition) is 3. The van der Waals surface area contributed by atoms with Crippen molar-refractivity contribution in [3.8, 4) is 11.4 Å². The lowest BCUT2D eigenvalue weighted by Crippen LogP contribution is -2.43. The SMILES string of the molecule is Brc1ccc(-c2n[nH]c(CC3CNC3)n2)cc1. The number of H-pyrrole nitrogens is 1. The second kappa shape index (κ2) is 4.58. The monoisotopic (exact) mass is 292 g/mol. The Hall–Kier alpha value is -1.20. The molecule has 2 aromatic rings. The van der Waals surface area contributed by atoms with Gasteiger partial charge in [-0.25, -0.2) is 4.98 Å². The molecule has 1 fully saturated rings. The molecule has 2 heterocycles. The van der Waals surface area contributed by atoms with Crippen LogP contribution in [0.5, 0.6) is 0 Å². The van der Waals surface area contributed by atoms with E-state index in [-0.39, 0.29) is 0 Å². The number of aromatic nitrogens is 3. The van der Waals surface area contributed by atoms with Gasteiger partial charge < -0.3 is 5.32 Å². The van der Waals surface area contributed by atoms with Gasteiger partial charge in [-0.2, -0.15) is 5.10 Å². The molecule has 1 aromatic heterocycles. The van der Waals surface area contributed by atoms with Gasteiger partial charge in [0.05, 0.1) is 0 Å². The van der Waals surface area contributed by atoms with Crippen LogP contribution in [0.4, 0.5) is 0 Å². The molecular formula is C12H13BrN4. The summed E-state index contributed by atoms with van der Waals surface area (Å²) in [5.74, 6) is 2.47. The van der Waals surface area contributed by atoms with Crippen molar-refractivity contribution in [2.75, 3.05) is 13.1 Å². The Morgan fingerprint density at radius 1 is 1.24 bits per heavy atom. The van der Waals surface area contributed by atoms with Crippen molar-refractivity contribution >= 4 is 15.9 Å². The number of hydrogen-bond donors (Lipinski definition) is 2. The van der Waals surface area contributed by atoms with E-state index >= 15 is 0 Å². The minimum Gasteiger partial charge on any atom is -0.316 e. The summed E-state index contributed by atoms with van der Waals surface area (Å²) in [5.41, 5.74) is 1.04. The first kappa shape index (κ1) is 10.9. The van der Waals surface area contributed by atoms with E-state index in [1.807, 2.05) is 24.3 Å². The van der Waals surface area contributed by atoms with Crippen LogP contribution in [0, 0.1) is 5.92 Å². The molecule has 88 valence electrons. The van der Waals surface area contributed by atoms with E-state index in [0.29, 0.717) is 5.92 Å². The van der Waals surface area contributed by atoms with E-state index in [1.165, 1.54) is 0 Å². The second-order valence-electron chi connectivity index (χ2n) is 4.34. The van der Waals surface area contributed by atoms with E-state index < -0.39 is 0 Å². The Bertz CT molecular complexity index is 501. The third-order valence-corrected chi connectivity index (χ3v) is 3.51. The Morgan fingerprint density at radius 2 is 2.00 bits per heavy atom. The van der Waals surface area contributed by atoms with Gasteiger partial charge in [0, 0.05) is 16.5 Å². The molecule has 0 atom stereocenters. The first-order valence-electron chi connectivity index (χ1n) is 5.69. The molecule has 17 heavy (non-hydrogen) atoms. The smallest absolute Gasteiger partial charge is 0.181 e. The van der Waals surface area contributed by atoms with Crippen molar-refractivity contribution in [2.24, 2.45) is 5.92 Å². The molecule has 1 aliphatic rings. The lowest BCUT2D eigenvalue weighted by Gasteiger charge is -2.25. The Kier molecular flexibility index (Phi) is 2.94. The van der Waals surface area contributed by atoms with E-state index in [2.05, 4.69) is 36.4 Å². The van der Waals surface area contributed by atoms with Crippen LogP contribution in [0.15, 0.2) is 28.7 Å². The van der Waals surface area contributed by atoms with E-state index in [0.717, 1.165) is 41.2 Å². The average Bonchev–Trinajstić information content (AvgIpc) is 2.73. The highest BCUT2D eigenvalue weighted by Gasteiger charge is 2.19. The normalized spacial score (nSPS) is 15.8. The van der Waals surface area contributed by atoms with E-state index in [9.17, 15) is 0 Å². The second-order valence-corrected chi connectivity index (χ2v) is 5.26. The predicted molar refractivity (Wildman–Crippen MR) is 69.6 cm³/mol. The third-order valence-electron chi connectivity index (χ3n) is 2.98. The highest BCUT2D eigenvalue weighted by molar-refractivity contribution is 9.10. The van der Waals surface area contributed by atoms with Crippen LogP contribution in [-0.2, 0) is 6.42 Å². The molecule has 2 N–H and O–H groups in total. The van der Waals surface area contributed by atoms with Gasteiger partial charge in [-0.3, -0.25) is 5.10 Å². The average molecular weight is 293 g/mol. The molecule has 1 aliphatic heterocycles. The van der Waals surface area contributed by atoms with Gasteiger partial charge in [-0.1, -0.05) is 28.1 Å². The number of nitrogens with one attached hydrogen (secondary N) is 2. The summed E-state index contributed by atoms with van der Waals surface area (Å²) >= 11 is 3.42. The van der Waals surface area contributed by atoms with E-state index in [4.69, 9.17) is 0 Å². The molecule has 0 saturated carbocycles. The summed E-state index contributed by atoms with van der Waals surface area (Å²) < 4.78 is 1.07. The van der Waals surface area contributed by atoms with Gasteiger partial charge in [0.1, 0.15) is 5.82 Å². The molecule has 0 amide bonds. The highest BCUT2D eigenvalue weighted by atomic mass is 79.9. The van der Waals surface area contributed by atoms with Crippen LogP contribution in [-0.4, -0.2) is 28.3 Å². The molecule has 0 unspecified atom stereocenters. The van der Waals surface area contributed by atoms with Crippen molar-refractivity contribution in [1.29, 1.82) is 0 Å². The summed E-state index contributed by atoms with van der Waals surface area (Å²) in [6.07, 6.45) is 0.983. The largest absolute Gasteiger partial charge is 0.316 e. The summed E-state index contributed by atoms with van der Waals surface area (Å²) in [5, 5.41) is 10.5. The topological polar surface area (TPSA) is 53.6 Å².